The summed E-state index contributed by atoms with van der Waals surface area (Å²) in [6, 6.07) is 0.783. The Morgan fingerprint density at radius 1 is 1.38 bits per heavy atom. The van der Waals surface area contributed by atoms with Crippen molar-refractivity contribution in [1.82, 2.24) is 10.3 Å². The van der Waals surface area contributed by atoms with Crippen LogP contribution in [0.1, 0.15) is 69.3 Å². The number of carbonyl (C=O) groups is 2. The molecule has 0 aliphatic heterocycles. The molecule has 0 unspecified atom stereocenters. The Labute approximate surface area is 147 Å². The summed E-state index contributed by atoms with van der Waals surface area (Å²) in [5.74, 6) is -1.23. The first-order valence-electron chi connectivity index (χ1n) is 7.88. The highest BCUT2D eigenvalue weighted by Crippen LogP contribution is 2.28. The number of nitrogens with one attached hydrogen (secondary N) is 1. The van der Waals surface area contributed by atoms with Crippen molar-refractivity contribution in [3.63, 3.8) is 0 Å². The van der Waals surface area contributed by atoms with Crippen LogP contribution in [-0.4, -0.2) is 27.8 Å². The first-order chi connectivity index (χ1) is 11.0. The minimum atomic E-state index is -1.14. The van der Waals surface area contributed by atoms with Crippen molar-refractivity contribution >= 4 is 23.7 Å². The van der Waals surface area contributed by atoms with Crippen LogP contribution in [0.25, 0.3) is 0 Å². The molecule has 0 saturated heterocycles. The van der Waals surface area contributed by atoms with E-state index in [2.05, 4.69) is 10.3 Å². The van der Waals surface area contributed by atoms with Gasteiger partial charge in [-0.05, 0) is 39.2 Å². The number of amides is 1. The van der Waals surface area contributed by atoms with E-state index in [1.165, 1.54) is 6.07 Å². The van der Waals surface area contributed by atoms with Crippen LogP contribution in [0.3, 0.4) is 0 Å². The Hall–Kier alpha value is -1.82. The summed E-state index contributed by atoms with van der Waals surface area (Å²) >= 11 is 6.08. The molecular weight excluding hydrogens is 332 g/mol. The normalized spacial score (nSPS) is 12.8. The Balaban J connectivity index is 3.29. The first-order valence-corrected chi connectivity index (χ1v) is 8.26. The van der Waals surface area contributed by atoms with Gasteiger partial charge in [-0.15, -0.1) is 0 Å². The van der Waals surface area contributed by atoms with Crippen molar-refractivity contribution in [2.24, 2.45) is 5.92 Å². The number of alkyl carbamates (subject to hydrolysis) is 1. The minimum absolute atomic E-state index is 0.0213. The highest BCUT2D eigenvalue weighted by molar-refractivity contribution is 6.31. The molecule has 0 radical (unpaired) electrons. The van der Waals surface area contributed by atoms with Gasteiger partial charge in [0.1, 0.15) is 5.60 Å². The van der Waals surface area contributed by atoms with E-state index in [-0.39, 0.29) is 17.2 Å². The summed E-state index contributed by atoms with van der Waals surface area (Å²) in [6.45, 7) is 10.9. The fourth-order valence-electron chi connectivity index (χ4n) is 2.18. The van der Waals surface area contributed by atoms with E-state index in [0.717, 1.165) is 0 Å². The maximum absolute atomic E-state index is 12.1. The molecule has 1 aromatic heterocycles. The van der Waals surface area contributed by atoms with Crippen molar-refractivity contribution in [3.8, 4) is 0 Å². The summed E-state index contributed by atoms with van der Waals surface area (Å²) in [6.07, 6.45) is -0.0597. The first kappa shape index (κ1) is 20.2. The van der Waals surface area contributed by atoms with E-state index in [1.54, 1.807) is 20.8 Å². The molecule has 0 fully saturated rings. The number of carboxylic acids is 1. The molecule has 0 aromatic carbocycles. The highest BCUT2D eigenvalue weighted by atomic mass is 35.5. The zero-order chi connectivity index (χ0) is 18.7. The minimum Gasteiger partial charge on any atom is -0.478 e. The lowest BCUT2D eigenvalue weighted by molar-refractivity contribution is 0.0484. The van der Waals surface area contributed by atoms with Gasteiger partial charge < -0.3 is 15.2 Å². The molecule has 1 amide bonds. The molecule has 1 heterocycles. The molecule has 1 rings (SSSR count). The van der Waals surface area contributed by atoms with Gasteiger partial charge in [0.05, 0.1) is 28.0 Å². The van der Waals surface area contributed by atoms with Gasteiger partial charge in [-0.1, -0.05) is 32.4 Å². The molecule has 2 N–H and O–H groups in total. The number of nitrogens with zero attached hydrogens (tertiary/aromatic N) is 1. The Bertz CT molecular complexity index is 624. The Morgan fingerprint density at radius 2 is 1.96 bits per heavy atom. The predicted molar refractivity (Wildman–Crippen MR) is 92.5 cm³/mol. The standard InChI is InChI=1S/C17H25ClN2O4/c1-7-12-11(18)8-10(15(21)22)14(19-12)13(9(2)3)20-16(23)24-17(4,5)6/h8-9,13H,7H2,1-6H3,(H,20,23)(H,21,22)/t13-/m0/s1. The maximum atomic E-state index is 12.1. The average Bonchev–Trinajstić information content (AvgIpc) is 2.42. The van der Waals surface area contributed by atoms with E-state index in [4.69, 9.17) is 16.3 Å². The number of aromatic carboxylic acids is 1. The zero-order valence-electron chi connectivity index (χ0n) is 14.9. The molecule has 6 nitrogen and oxygen atoms in total. The summed E-state index contributed by atoms with van der Waals surface area (Å²) in [4.78, 5) is 28.1. The number of carboxylic acid groups (broad SMARTS) is 1. The summed E-state index contributed by atoms with van der Waals surface area (Å²) in [5, 5.41) is 12.5. The molecule has 0 aliphatic carbocycles. The lowest BCUT2D eigenvalue weighted by atomic mass is 9.96. The van der Waals surface area contributed by atoms with Crippen LogP contribution in [-0.2, 0) is 11.2 Å². The number of halogens is 1. The van der Waals surface area contributed by atoms with Gasteiger partial charge in [0.15, 0.2) is 0 Å². The quantitative estimate of drug-likeness (QED) is 0.824. The predicted octanol–water partition coefficient (Wildman–Crippen LogP) is 4.22. The lowest BCUT2D eigenvalue weighted by Gasteiger charge is -2.26. The molecular formula is C17H25ClN2O4. The summed E-state index contributed by atoms with van der Waals surface area (Å²) in [5.41, 5.74) is 0.202. The van der Waals surface area contributed by atoms with Crippen LogP contribution in [0.5, 0.6) is 0 Å². The second-order valence-electron chi connectivity index (χ2n) is 6.88. The second kappa shape index (κ2) is 7.83. The molecule has 1 atom stereocenters. The van der Waals surface area contributed by atoms with E-state index in [1.807, 2.05) is 20.8 Å². The van der Waals surface area contributed by atoms with Gasteiger partial charge in [-0.2, -0.15) is 0 Å². The Kier molecular flexibility index (Phi) is 6.60. The number of rotatable bonds is 5. The maximum Gasteiger partial charge on any atom is 0.408 e. The van der Waals surface area contributed by atoms with Crippen LogP contribution in [0.4, 0.5) is 4.79 Å². The smallest absolute Gasteiger partial charge is 0.408 e. The third-order valence-electron chi connectivity index (χ3n) is 3.28. The van der Waals surface area contributed by atoms with Crippen molar-refractivity contribution in [3.05, 3.63) is 28.0 Å². The van der Waals surface area contributed by atoms with Gasteiger partial charge >= 0.3 is 12.1 Å². The van der Waals surface area contributed by atoms with Gasteiger partial charge in [0, 0.05) is 0 Å². The third kappa shape index (κ3) is 5.37. The van der Waals surface area contributed by atoms with Crippen molar-refractivity contribution in [2.75, 3.05) is 0 Å². The van der Waals surface area contributed by atoms with Crippen molar-refractivity contribution in [1.29, 1.82) is 0 Å². The van der Waals surface area contributed by atoms with Crippen molar-refractivity contribution < 1.29 is 19.4 Å². The van der Waals surface area contributed by atoms with Crippen LogP contribution >= 0.6 is 11.6 Å². The molecule has 7 heteroatoms. The summed E-state index contributed by atoms with van der Waals surface area (Å²) in [7, 11) is 0. The summed E-state index contributed by atoms with van der Waals surface area (Å²) < 4.78 is 5.27. The molecule has 1 aromatic rings. The van der Waals surface area contributed by atoms with Crippen LogP contribution in [0.15, 0.2) is 6.07 Å². The van der Waals surface area contributed by atoms with Crippen LogP contribution in [0, 0.1) is 5.92 Å². The second-order valence-corrected chi connectivity index (χ2v) is 7.28. The molecule has 0 spiro atoms. The molecule has 0 bridgehead atoms. The van der Waals surface area contributed by atoms with E-state index in [9.17, 15) is 14.7 Å². The van der Waals surface area contributed by atoms with Crippen molar-refractivity contribution in [2.45, 2.75) is 59.6 Å². The van der Waals surface area contributed by atoms with Crippen LogP contribution in [0.2, 0.25) is 5.02 Å². The fraction of sp³-hybridized carbons (Fsp3) is 0.588. The number of hydrogen-bond acceptors (Lipinski definition) is 4. The highest BCUT2D eigenvalue weighted by Gasteiger charge is 2.28. The van der Waals surface area contributed by atoms with Gasteiger partial charge in [-0.3, -0.25) is 4.98 Å². The van der Waals surface area contributed by atoms with E-state index in [0.29, 0.717) is 17.1 Å². The van der Waals surface area contributed by atoms with Gasteiger partial charge in [0.2, 0.25) is 0 Å². The number of aryl methyl sites for hydroxylation is 1. The van der Waals surface area contributed by atoms with E-state index >= 15 is 0 Å². The van der Waals surface area contributed by atoms with Gasteiger partial charge in [-0.25, -0.2) is 9.59 Å². The fourth-order valence-corrected chi connectivity index (χ4v) is 2.47. The molecule has 0 saturated carbocycles. The Morgan fingerprint density at radius 3 is 2.38 bits per heavy atom. The molecule has 24 heavy (non-hydrogen) atoms. The van der Waals surface area contributed by atoms with E-state index < -0.39 is 23.7 Å². The van der Waals surface area contributed by atoms with Crippen LogP contribution < -0.4 is 5.32 Å². The largest absolute Gasteiger partial charge is 0.478 e. The monoisotopic (exact) mass is 356 g/mol. The lowest BCUT2D eigenvalue weighted by Crippen LogP contribution is -2.38. The number of carbonyl (C=O) groups excluding carboxylic acids is 1. The van der Waals surface area contributed by atoms with Gasteiger partial charge in [0.25, 0.3) is 0 Å². The molecule has 134 valence electrons. The average molecular weight is 357 g/mol. The number of ether oxygens (including phenoxy) is 1. The zero-order valence-corrected chi connectivity index (χ0v) is 15.7. The topological polar surface area (TPSA) is 88.5 Å². The molecule has 0 aliphatic rings. The third-order valence-corrected chi connectivity index (χ3v) is 3.60. The SMILES string of the molecule is CCc1nc([C@@H](NC(=O)OC(C)(C)C)C(C)C)c(C(=O)O)cc1Cl. The number of aromatic nitrogens is 1. The number of pyridine rings is 1. The number of hydrogen-bond donors (Lipinski definition) is 2.